The molecule has 0 spiro atoms. The normalized spacial score (nSPS) is 10.9. The van der Waals surface area contributed by atoms with Gasteiger partial charge in [-0.05, 0) is 36.4 Å². The van der Waals surface area contributed by atoms with Gasteiger partial charge in [-0.25, -0.2) is 4.79 Å². The minimum Gasteiger partial charge on any atom is -0.423 e. The van der Waals surface area contributed by atoms with Crippen LogP contribution in [0, 0.1) is 0 Å². The van der Waals surface area contributed by atoms with Crippen LogP contribution >= 0.6 is 11.6 Å². The Morgan fingerprint density at radius 3 is 2.63 bits per heavy atom. The standard InChI is InChI=1S/C19H12ClN3O4/c20-10-16-22-18(23-27-16)11-1-3-12(4-2-11)19(25)21-14-6-7-15-13(9-14)5-8-17(24)26-15/h1-9H,10H2,(H,21,25). The van der Waals surface area contributed by atoms with Gasteiger partial charge in [0.05, 0.1) is 0 Å². The van der Waals surface area contributed by atoms with Crippen molar-refractivity contribution in [3.8, 4) is 11.4 Å². The molecular weight excluding hydrogens is 370 g/mol. The third-order valence-corrected chi connectivity index (χ3v) is 4.09. The van der Waals surface area contributed by atoms with E-state index in [0.717, 1.165) is 5.39 Å². The molecule has 2 heterocycles. The lowest BCUT2D eigenvalue weighted by Crippen LogP contribution is -2.11. The van der Waals surface area contributed by atoms with Gasteiger partial charge in [-0.1, -0.05) is 17.3 Å². The highest BCUT2D eigenvalue weighted by atomic mass is 35.5. The molecule has 1 N–H and O–H groups in total. The van der Waals surface area contributed by atoms with Crippen molar-refractivity contribution in [3.05, 3.63) is 76.5 Å². The molecule has 0 atom stereocenters. The Morgan fingerprint density at radius 1 is 1.07 bits per heavy atom. The van der Waals surface area contributed by atoms with Crippen molar-refractivity contribution in [2.24, 2.45) is 0 Å². The number of carbonyl (C=O) groups excluding carboxylic acids is 1. The summed E-state index contributed by atoms with van der Waals surface area (Å²) in [4.78, 5) is 27.8. The first-order valence-electron chi connectivity index (χ1n) is 7.96. The molecular formula is C19H12ClN3O4. The molecule has 4 aromatic rings. The van der Waals surface area contributed by atoms with E-state index in [1.165, 1.54) is 6.07 Å². The smallest absolute Gasteiger partial charge is 0.336 e. The fourth-order valence-electron chi connectivity index (χ4n) is 2.55. The van der Waals surface area contributed by atoms with E-state index in [1.807, 2.05) is 0 Å². The monoisotopic (exact) mass is 381 g/mol. The fraction of sp³-hybridized carbons (Fsp3) is 0.0526. The largest absolute Gasteiger partial charge is 0.423 e. The summed E-state index contributed by atoms with van der Waals surface area (Å²) in [6.07, 6.45) is 0. The molecule has 4 rings (SSSR count). The Balaban J connectivity index is 1.52. The van der Waals surface area contributed by atoms with Crippen molar-refractivity contribution < 1.29 is 13.7 Å². The number of amides is 1. The molecule has 27 heavy (non-hydrogen) atoms. The first kappa shape index (κ1) is 17.0. The molecule has 0 aliphatic carbocycles. The molecule has 2 aromatic carbocycles. The van der Waals surface area contributed by atoms with E-state index < -0.39 is 5.63 Å². The van der Waals surface area contributed by atoms with E-state index in [1.54, 1.807) is 48.5 Å². The number of halogens is 1. The number of nitrogens with one attached hydrogen (secondary N) is 1. The quantitative estimate of drug-likeness (QED) is 0.426. The summed E-state index contributed by atoms with van der Waals surface area (Å²) >= 11 is 5.65. The summed E-state index contributed by atoms with van der Waals surface area (Å²) in [5.74, 6) is 0.616. The molecule has 8 heteroatoms. The molecule has 0 saturated heterocycles. The van der Waals surface area contributed by atoms with Crippen molar-refractivity contribution in [2.45, 2.75) is 5.88 Å². The number of fused-ring (bicyclic) bond motifs is 1. The highest BCUT2D eigenvalue weighted by Crippen LogP contribution is 2.20. The molecule has 0 radical (unpaired) electrons. The summed E-state index contributed by atoms with van der Waals surface area (Å²) in [7, 11) is 0. The van der Waals surface area contributed by atoms with Crippen LogP contribution in [0.4, 0.5) is 5.69 Å². The molecule has 2 aromatic heterocycles. The van der Waals surface area contributed by atoms with Crippen LogP contribution in [-0.2, 0) is 5.88 Å². The van der Waals surface area contributed by atoms with Gasteiger partial charge in [0.1, 0.15) is 11.5 Å². The maximum Gasteiger partial charge on any atom is 0.336 e. The average Bonchev–Trinajstić information content (AvgIpc) is 3.17. The SMILES string of the molecule is O=C(Nc1ccc2oc(=O)ccc2c1)c1ccc(-c2noc(CCl)n2)cc1. The number of hydrogen-bond donors (Lipinski definition) is 1. The second-order valence-electron chi connectivity index (χ2n) is 5.68. The van der Waals surface area contributed by atoms with Crippen molar-refractivity contribution in [1.82, 2.24) is 10.1 Å². The highest BCUT2D eigenvalue weighted by molar-refractivity contribution is 6.16. The van der Waals surface area contributed by atoms with E-state index in [9.17, 15) is 9.59 Å². The Morgan fingerprint density at radius 2 is 1.89 bits per heavy atom. The van der Waals surface area contributed by atoms with Crippen molar-refractivity contribution in [1.29, 1.82) is 0 Å². The summed E-state index contributed by atoms with van der Waals surface area (Å²) in [6, 6.07) is 14.8. The Labute approximate surface area is 157 Å². The lowest BCUT2D eigenvalue weighted by molar-refractivity contribution is 0.102. The third-order valence-electron chi connectivity index (χ3n) is 3.86. The molecule has 0 aliphatic rings. The van der Waals surface area contributed by atoms with E-state index in [-0.39, 0.29) is 11.8 Å². The predicted molar refractivity (Wildman–Crippen MR) is 99.7 cm³/mol. The zero-order valence-corrected chi connectivity index (χ0v) is 14.6. The lowest BCUT2D eigenvalue weighted by Gasteiger charge is -2.06. The van der Waals surface area contributed by atoms with E-state index in [4.69, 9.17) is 20.5 Å². The van der Waals surface area contributed by atoms with Crippen LogP contribution in [0.2, 0.25) is 0 Å². The summed E-state index contributed by atoms with van der Waals surface area (Å²) in [6.45, 7) is 0. The number of anilines is 1. The van der Waals surface area contributed by atoms with E-state index in [2.05, 4.69) is 15.5 Å². The summed E-state index contributed by atoms with van der Waals surface area (Å²) in [5.41, 5.74) is 1.82. The van der Waals surface area contributed by atoms with Crippen LogP contribution in [-0.4, -0.2) is 16.0 Å². The first-order valence-corrected chi connectivity index (χ1v) is 8.50. The maximum absolute atomic E-state index is 12.5. The van der Waals surface area contributed by atoms with Gasteiger partial charge < -0.3 is 14.3 Å². The molecule has 0 fully saturated rings. The van der Waals surface area contributed by atoms with Crippen molar-refractivity contribution in [2.75, 3.05) is 5.32 Å². The zero-order chi connectivity index (χ0) is 18.8. The van der Waals surface area contributed by atoms with E-state index >= 15 is 0 Å². The highest BCUT2D eigenvalue weighted by Gasteiger charge is 2.11. The van der Waals surface area contributed by atoms with Gasteiger partial charge >= 0.3 is 5.63 Å². The minimum atomic E-state index is -0.417. The Hall–Kier alpha value is -3.45. The Kier molecular flexibility index (Phi) is 4.43. The number of hydrogen-bond acceptors (Lipinski definition) is 6. The van der Waals surface area contributed by atoms with Crippen LogP contribution in [0.15, 0.2) is 68.3 Å². The second-order valence-corrected chi connectivity index (χ2v) is 5.95. The molecule has 0 aliphatic heterocycles. The molecule has 0 bridgehead atoms. The van der Waals surface area contributed by atoms with Crippen LogP contribution in [0.3, 0.4) is 0 Å². The van der Waals surface area contributed by atoms with Gasteiger partial charge in [-0.15, -0.1) is 11.6 Å². The number of alkyl halides is 1. The molecule has 134 valence electrons. The van der Waals surface area contributed by atoms with Gasteiger partial charge in [-0.3, -0.25) is 4.79 Å². The summed E-state index contributed by atoms with van der Waals surface area (Å²) < 4.78 is 10.0. The molecule has 1 amide bonds. The second kappa shape index (κ2) is 7.05. The van der Waals surface area contributed by atoms with Crippen molar-refractivity contribution >= 4 is 34.2 Å². The topological polar surface area (TPSA) is 98.2 Å². The Bertz CT molecular complexity index is 1180. The number of nitrogens with zero attached hydrogens (tertiary/aromatic N) is 2. The maximum atomic E-state index is 12.5. The van der Waals surface area contributed by atoms with Crippen LogP contribution in [0.25, 0.3) is 22.4 Å². The molecule has 0 saturated carbocycles. The van der Waals surface area contributed by atoms with Crippen LogP contribution in [0.1, 0.15) is 16.2 Å². The number of aromatic nitrogens is 2. The number of rotatable bonds is 4. The van der Waals surface area contributed by atoms with Gasteiger partial charge in [0.2, 0.25) is 11.7 Å². The van der Waals surface area contributed by atoms with Gasteiger partial charge in [-0.2, -0.15) is 4.98 Å². The van der Waals surface area contributed by atoms with Crippen molar-refractivity contribution in [3.63, 3.8) is 0 Å². The van der Waals surface area contributed by atoms with E-state index in [0.29, 0.717) is 34.1 Å². The van der Waals surface area contributed by atoms with Crippen LogP contribution in [0.5, 0.6) is 0 Å². The van der Waals surface area contributed by atoms with Crippen LogP contribution < -0.4 is 10.9 Å². The predicted octanol–water partition coefficient (Wildman–Crippen LogP) is 3.83. The molecule has 0 unspecified atom stereocenters. The number of benzene rings is 2. The van der Waals surface area contributed by atoms with Gasteiger partial charge in [0, 0.05) is 28.3 Å². The van der Waals surface area contributed by atoms with Gasteiger partial charge in [0.25, 0.3) is 5.91 Å². The fourth-order valence-corrected chi connectivity index (χ4v) is 2.66. The lowest BCUT2D eigenvalue weighted by atomic mass is 10.1. The third kappa shape index (κ3) is 3.58. The minimum absolute atomic E-state index is 0.142. The zero-order valence-electron chi connectivity index (χ0n) is 13.8. The first-order chi connectivity index (χ1) is 13.1. The summed E-state index contributed by atoms with van der Waals surface area (Å²) in [5, 5.41) is 7.36. The average molecular weight is 382 g/mol. The number of carbonyl (C=O) groups is 1. The van der Waals surface area contributed by atoms with Gasteiger partial charge in [0.15, 0.2) is 0 Å². The molecule has 7 nitrogen and oxygen atoms in total.